The first-order valence-corrected chi connectivity index (χ1v) is 5.32. The van der Waals surface area contributed by atoms with Crippen LogP contribution >= 0.6 is 69.6 Å². The van der Waals surface area contributed by atoms with E-state index in [-0.39, 0.29) is 0 Å². The summed E-state index contributed by atoms with van der Waals surface area (Å²) in [6, 6.07) is 0. The molecule has 0 aromatic heterocycles. The van der Waals surface area contributed by atoms with Gasteiger partial charge in [0.2, 0.25) is 7.59 Å². The van der Waals surface area contributed by atoms with Crippen LogP contribution in [-0.2, 0) is 0 Å². The Morgan fingerprint density at radius 3 is 1.07 bits per heavy atom. The topological polar surface area (TPSA) is 40.5 Å². The molecule has 0 heterocycles. The molecule has 0 aromatic rings. The predicted molar refractivity (Wildman–Crippen MR) is 60.4 cm³/mol. The summed E-state index contributed by atoms with van der Waals surface area (Å²) < 4.78 is -3.94. The van der Waals surface area contributed by atoms with Gasteiger partial charge in [0.05, 0.1) is 0 Å². The summed E-state index contributed by atoms with van der Waals surface area (Å²) in [5.41, 5.74) is 0. The van der Waals surface area contributed by atoms with Gasteiger partial charge in [-0.15, -0.1) is 0 Å². The third kappa shape index (κ3) is 5.95. The van der Waals surface area contributed by atoms with Gasteiger partial charge in [0.15, 0.2) is 12.2 Å². The fourth-order valence-corrected chi connectivity index (χ4v) is 0.649. The molecule has 0 aliphatic carbocycles. The van der Waals surface area contributed by atoms with Crippen LogP contribution in [-0.4, -0.2) is 30.0 Å². The van der Waals surface area contributed by atoms with Crippen molar-refractivity contribution in [2.24, 2.45) is 0 Å². The second-order valence-corrected chi connectivity index (χ2v) is 6.91. The zero-order valence-corrected chi connectivity index (χ0v) is 10.9. The van der Waals surface area contributed by atoms with Gasteiger partial charge >= 0.3 is 0 Å². The van der Waals surface area contributed by atoms with Crippen LogP contribution in [0.25, 0.3) is 0 Å². The summed E-state index contributed by atoms with van der Waals surface area (Å²) >= 11 is 31.7. The van der Waals surface area contributed by atoms with Crippen LogP contribution in [0.1, 0.15) is 0 Å². The molecule has 0 saturated carbocycles. The Balaban J connectivity index is 4.46. The van der Waals surface area contributed by atoms with Gasteiger partial charge in [-0.05, 0) is 0 Å². The molecule has 2 atom stereocenters. The lowest BCUT2D eigenvalue weighted by atomic mass is 10.3. The third-order valence-electron chi connectivity index (χ3n) is 0.977. The number of aliphatic hydroxyl groups is 2. The average Bonchev–Trinajstić information content (AvgIpc) is 1.95. The van der Waals surface area contributed by atoms with Gasteiger partial charge in [-0.3, -0.25) is 0 Å². The van der Waals surface area contributed by atoms with Crippen LogP contribution in [0.15, 0.2) is 0 Å². The van der Waals surface area contributed by atoms with Gasteiger partial charge in [-0.2, -0.15) is 0 Å². The molecular formula is C6H4Cl6O2. The molecule has 2 N–H and O–H groups in total. The number of hydrogen-bond donors (Lipinski definition) is 2. The maximum absolute atomic E-state index is 9.09. The lowest BCUT2D eigenvalue weighted by molar-refractivity contribution is 0.226. The van der Waals surface area contributed by atoms with Crippen molar-refractivity contribution in [1.82, 2.24) is 0 Å². The Labute approximate surface area is 111 Å². The first-order chi connectivity index (χ1) is 6.05. The molecule has 2 nitrogen and oxygen atoms in total. The number of halogens is 6. The van der Waals surface area contributed by atoms with Crippen molar-refractivity contribution >= 4 is 69.6 Å². The van der Waals surface area contributed by atoms with Crippen molar-refractivity contribution in [3.8, 4) is 11.8 Å². The van der Waals surface area contributed by atoms with E-state index in [9.17, 15) is 0 Å². The van der Waals surface area contributed by atoms with Gasteiger partial charge in [0.1, 0.15) is 0 Å². The monoisotopic (exact) mass is 318 g/mol. The SMILES string of the molecule is O[C@H](C#C[C@@H](O)C(Cl)(Cl)Cl)C(Cl)(Cl)Cl. The van der Waals surface area contributed by atoms with E-state index in [0.29, 0.717) is 0 Å². The summed E-state index contributed by atoms with van der Waals surface area (Å²) in [5, 5.41) is 18.2. The minimum atomic E-state index is -1.97. The zero-order chi connectivity index (χ0) is 11.6. The average molecular weight is 321 g/mol. The summed E-state index contributed by atoms with van der Waals surface area (Å²) in [5.74, 6) is 4.07. The van der Waals surface area contributed by atoms with Crippen LogP contribution in [0.2, 0.25) is 0 Å². The standard InChI is InChI=1S/C6H4Cl6O2/c7-5(8,9)3(13)1-2-4(14)6(10,11)12/h3-4,13-14H/t3-,4-/m1/s1. The highest BCUT2D eigenvalue weighted by Crippen LogP contribution is 2.31. The van der Waals surface area contributed by atoms with Gasteiger partial charge in [-0.25, -0.2) is 0 Å². The van der Waals surface area contributed by atoms with Gasteiger partial charge in [0, 0.05) is 0 Å². The molecule has 0 spiro atoms. The normalized spacial score (nSPS) is 16.9. The molecule has 8 heteroatoms. The molecule has 14 heavy (non-hydrogen) atoms. The Bertz CT molecular complexity index is 220. The smallest absolute Gasteiger partial charge is 0.227 e. The van der Waals surface area contributed by atoms with Gasteiger partial charge in [0.25, 0.3) is 0 Å². The molecule has 0 saturated heterocycles. The first-order valence-electron chi connectivity index (χ1n) is 3.05. The molecule has 0 amide bonds. The fourth-order valence-electron chi connectivity index (χ4n) is 0.322. The Kier molecular flexibility index (Phi) is 6.00. The summed E-state index contributed by atoms with van der Waals surface area (Å²) in [6.45, 7) is 0. The van der Waals surface area contributed by atoms with Crippen molar-refractivity contribution in [2.45, 2.75) is 19.8 Å². The van der Waals surface area contributed by atoms with E-state index in [2.05, 4.69) is 0 Å². The Hall–Kier alpha value is 1.22. The minimum Gasteiger partial charge on any atom is -0.376 e. The summed E-state index contributed by atoms with van der Waals surface area (Å²) in [6.07, 6.45) is -3.15. The predicted octanol–water partition coefficient (Wildman–Crippen LogP) is 2.45. The van der Waals surface area contributed by atoms with Crippen LogP contribution in [0.5, 0.6) is 0 Å². The number of rotatable bonds is 0. The molecule has 0 aromatic carbocycles. The highest BCUT2D eigenvalue weighted by atomic mass is 35.6. The van der Waals surface area contributed by atoms with E-state index in [4.69, 9.17) is 79.8 Å². The van der Waals surface area contributed by atoms with Crippen molar-refractivity contribution in [3.05, 3.63) is 0 Å². The van der Waals surface area contributed by atoms with Crippen molar-refractivity contribution in [2.75, 3.05) is 0 Å². The van der Waals surface area contributed by atoms with Crippen molar-refractivity contribution < 1.29 is 10.2 Å². The highest BCUT2D eigenvalue weighted by Gasteiger charge is 2.32. The third-order valence-corrected chi connectivity index (χ3v) is 2.22. The molecule has 0 fully saturated rings. The summed E-state index contributed by atoms with van der Waals surface area (Å²) in [4.78, 5) is 0. The van der Waals surface area contributed by atoms with Crippen LogP contribution in [0.3, 0.4) is 0 Å². The molecule has 0 aliphatic rings. The van der Waals surface area contributed by atoms with E-state index in [1.54, 1.807) is 0 Å². The largest absolute Gasteiger partial charge is 0.376 e. The fraction of sp³-hybridized carbons (Fsp3) is 0.667. The Morgan fingerprint density at radius 1 is 0.714 bits per heavy atom. The second kappa shape index (κ2) is 5.52. The maximum atomic E-state index is 9.09. The molecule has 0 rings (SSSR count). The summed E-state index contributed by atoms with van der Waals surface area (Å²) in [7, 11) is 0. The van der Waals surface area contributed by atoms with Crippen molar-refractivity contribution in [1.29, 1.82) is 0 Å². The van der Waals surface area contributed by atoms with Crippen LogP contribution in [0, 0.1) is 11.8 Å². The molecule has 0 aliphatic heterocycles. The minimum absolute atomic E-state index is 1.57. The molecule has 82 valence electrons. The van der Waals surface area contributed by atoms with E-state index in [0.717, 1.165) is 0 Å². The van der Waals surface area contributed by atoms with Crippen LogP contribution < -0.4 is 0 Å². The van der Waals surface area contributed by atoms with Gasteiger partial charge < -0.3 is 10.2 Å². The van der Waals surface area contributed by atoms with E-state index < -0.39 is 19.8 Å². The number of alkyl halides is 6. The van der Waals surface area contributed by atoms with Gasteiger partial charge in [-0.1, -0.05) is 81.4 Å². The zero-order valence-electron chi connectivity index (χ0n) is 6.32. The maximum Gasteiger partial charge on any atom is 0.227 e. The first kappa shape index (κ1) is 15.2. The quantitative estimate of drug-likeness (QED) is 0.532. The van der Waals surface area contributed by atoms with Crippen LogP contribution in [0.4, 0.5) is 0 Å². The molecule has 0 unspecified atom stereocenters. The molecule has 0 bridgehead atoms. The van der Waals surface area contributed by atoms with E-state index in [1.807, 2.05) is 11.8 Å². The molecule has 0 radical (unpaired) electrons. The lowest BCUT2D eigenvalue weighted by Gasteiger charge is -2.15. The lowest BCUT2D eigenvalue weighted by Crippen LogP contribution is -2.26. The molecular weight excluding hydrogens is 317 g/mol. The highest BCUT2D eigenvalue weighted by molar-refractivity contribution is 6.68. The Morgan fingerprint density at radius 2 is 0.929 bits per heavy atom. The number of hydrogen-bond acceptors (Lipinski definition) is 2. The second-order valence-electron chi connectivity index (χ2n) is 2.18. The van der Waals surface area contributed by atoms with E-state index in [1.165, 1.54) is 0 Å². The number of aliphatic hydroxyl groups excluding tert-OH is 2. The van der Waals surface area contributed by atoms with Crippen molar-refractivity contribution in [3.63, 3.8) is 0 Å². The van der Waals surface area contributed by atoms with E-state index >= 15 is 0 Å².